The van der Waals surface area contributed by atoms with Gasteiger partial charge in [0, 0.05) is 12.0 Å². The zero-order chi connectivity index (χ0) is 25.7. The zero-order valence-electron chi connectivity index (χ0n) is 19.1. The lowest BCUT2D eigenvalue weighted by Gasteiger charge is -2.21. The Morgan fingerprint density at radius 1 is 1.08 bits per heavy atom. The van der Waals surface area contributed by atoms with E-state index >= 15 is 0 Å². The molecule has 12 heteroatoms. The van der Waals surface area contributed by atoms with Gasteiger partial charge in [0.25, 0.3) is 0 Å². The van der Waals surface area contributed by atoms with Gasteiger partial charge in [-0.2, -0.15) is 8.78 Å². The van der Waals surface area contributed by atoms with Crippen molar-refractivity contribution in [2.24, 2.45) is 5.92 Å². The highest BCUT2D eigenvalue weighted by Gasteiger charge is 2.26. The first kappa shape index (κ1) is 28.9. The molecule has 0 unspecified atom stereocenters. The number of H-pyrrole nitrogens is 1. The van der Waals surface area contributed by atoms with Crippen LogP contribution < -0.4 is 14.5 Å². The summed E-state index contributed by atoms with van der Waals surface area (Å²) in [6.07, 6.45) is 4.17. The minimum Gasteiger partial charge on any atom is -0.870 e. The summed E-state index contributed by atoms with van der Waals surface area (Å²) < 4.78 is 56.0. The third-order valence-electron chi connectivity index (χ3n) is 5.38. The molecule has 6 nitrogen and oxygen atoms in total. The van der Waals surface area contributed by atoms with Crippen molar-refractivity contribution < 1.29 is 42.6 Å². The molecule has 1 heterocycles. The average Bonchev–Trinajstić information content (AvgIpc) is 3.66. The first-order chi connectivity index (χ1) is 17.3. The van der Waals surface area contributed by atoms with Crippen molar-refractivity contribution in [3.05, 3.63) is 81.8 Å². The summed E-state index contributed by atoms with van der Waals surface area (Å²) >= 11 is 13.2. The van der Waals surface area contributed by atoms with E-state index in [4.69, 9.17) is 32.7 Å². The quantitative estimate of drug-likeness (QED) is 0.185. The van der Waals surface area contributed by atoms with Crippen LogP contribution in [0.4, 0.5) is 18.0 Å². The average molecular weight is 576 g/mol. The number of rotatable bonds is 10. The van der Waals surface area contributed by atoms with Crippen LogP contribution in [0.2, 0.25) is 10.0 Å². The van der Waals surface area contributed by atoms with Crippen molar-refractivity contribution in [3.8, 4) is 11.5 Å². The third-order valence-corrected chi connectivity index (χ3v) is 6.87. The monoisotopic (exact) mass is 575 g/mol. The minimum absolute atomic E-state index is 0. The highest BCUT2D eigenvalue weighted by atomic mass is 35.5. The van der Waals surface area contributed by atoms with Gasteiger partial charge in [0.05, 0.1) is 11.5 Å². The van der Waals surface area contributed by atoms with Gasteiger partial charge in [0.1, 0.15) is 22.0 Å². The summed E-state index contributed by atoms with van der Waals surface area (Å²) in [7, 11) is 0. The number of alkyl halides is 2. The summed E-state index contributed by atoms with van der Waals surface area (Å²) in [6, 6.07) is 10.1. The summed E-state index contributed by atoms with van der Waals surface area (Å²) in [6.45, 7) is -2.69. The van der Waals surface area contributed by atoms with E-state index in [0.717, 1.165) is 12.8 Å². The van der Waals surface area contributed by atoms with Crippen LogP contribution in [0.15, 0.2) is 59.8 Å². The second-order valence-electron chi connectivity index (χ2n) is 8.06. The number of carbonyl (C=O) groups excluding carboxylic acids is 1. The second kappa shape index (κ2) is 13.2. The standard InChI is InChI=1S/C25H20Cl2F3NO4S.H2O/c26-17-11-31-12-18(27)16(17)10-21(35-25(32)36-23-4-2-1-3-19(23)28)15-7-8-20(34-24(29)30)22(9-15)33-13-14-5-6-14;/h1-4,7-9,11-12,14,21,24H,5-6,10,13H2;1H2/t21-;/m0./s1. The molecule has 1 atom stereocenters. The number of carbonyl (C=O) groups is 1. The van der Waals surface area contributed by atoms with Gasteiger partial charge in [-0.15, -0.1) is 0 Å². The number of thioether (sulfide) groups is 1. The zero-order valence-corrected chi connectivity index (χ0v) is 21.5. The van der Waals surface area contributed by atoms with Crippen LogP contribution in [0.3, 0.4) is 0 Å². The summed E-state index contributed by atoms with van der Waals surface area (Å²) in [5.41, 5.74) is 0.934. The van der Waals surface area contributed by atoms with Crippen LogP contribution in [0.1, 0.15) is 30.1 Å². The van der Waals surface area contributed by atoms with Crippen LogP contribution >= 0.6 is 35.0 Å². The molecule has 1 aromatic heterocycles. The summed E-state index contributed by atoms with van der Waals surface area (Å²) in [5.74, 6) is -0.242. The molecule has 0 spiro atoms. The van der Waals surface area contributed by atoms with Crippen LogP contribution in [0, 0.1) is 11.7 Å². The van der Waals surface area contributed by atoms with Crippen LogP contribution in [-0.2, 0) is 11.2 Å². The number of hydrogen-bond donors (Lipinski definition) is 0. The lowest BCUT2D eigenvalue weighted by molar-refractivity contribution is -0.377. The molecule has 0 saturated heterocycles. The Labute approximate surface area is 225 Å². The van der Waals surface area contributed by atoms with Crippen molar-refractivity contribution in [2.75, 3.05) is 6.61 Å². The Morgan fingerprint density at radius 3 is 2.43 bits per heavy atom. The van der Waals surface area contributed by atoms with E-state index < -0.39 is 23.8 Å². The van der Waals surface area contributed by atoms with Crippen LogP contribution in [0.25, 0.3) is 0 Å². The van der Waals surface area contributed by atoms with Crippen LogP contribution in [0.5, 0.6) is 11.5 Å². The molecule has 37 heavy (non-hydrogen) atoms. The number of pyridine rings is 1. The largest absolute Gasteiger partial charge is 0.870 e. The molecule has 0 amide bonds. The maximum absolute atomic E-state index is 14.1. The molecular weight excluding hydrogens is 554 g/mol. The number of halogens is 5. The lowest BCUT2D eigenvalue weighted by atomic mass is 10.0. The number of aromatic nitrogens is 1. The molecular formula is C25H22Cl2F3NO5S. The molecule has 1 fully saturated rings. The van der Waals surface area contributed by atoms with Gasteiger partial charge in [-0.3, -0.25) is 0 Å². The first-order valence-electron chi connectivity index (χ1n) is 11.0. The van der Waals surface area contributed by atoms with Gasteiger partial charge in [0.2, 0.25) is 0 Å². The van der Waals surface area contributed by atoms with Gasteiger partial charge in [-0.25, -0.2) is 14.2 Å². The Kier molecular flexibility index (Phi) is 10.3. The van der Waals surface area contributed by atoms with E-state index in [0.29, 0.717) is 45.5 Å². The van der Waals surface area contributed by atoms with Crippen LogP contribution in [-0.4, -0.2) is 24.0 Å². The fourth-order valence-corrected chi connectivity index (χ4v) is 4.55. The molecule has 0 radical (unpaired) electrons. The number of nitrogens with one attached hydrogen (secondary N) is 1. The number of hydrogen-bond acceptors (Lipinski definition) is 6. The SMILES string of the molecule is O=C(O[C@@H](Cc1c(Cl)c[nH+]cc1Cl)c1ccc(OC(F)F)c(OCC2CC2)c1)Sc1ccccc1F.[OH-]. The highest BCUT2D eigenvalue weighted by Crippen LogP contribution is 2.38. The van der Waals surface area contributed by atoms with Gasteiger partial charge in [-0.1, -0.05) is 41.4 Å². The van der Waals surface area contributed by atoms with E-state index in [1.165, 1.54) is 48.8 Å². The van der Waals surface area contributed by atoms with E-state index in [1.54, 1.807) is 6.07 Å². The van der Waals surface area contributed by atoms with Crippen molar-refractivity contribution >= 4 is 40.3 Å². The van der Waals surface area contributed by atoms with Gasteiger partial charge in [0.15, 0.2) is 23.9 Å². The summed E-state index contributed by atoms with van der Waals surface area (Å²) in [5, 5.41) is -0.144. The molecule has 198 valence electrons. The molecule has 1 aliphatic rings. The Hall–Kier alpha value is -2.66. The smallest absolute Gasteiger partial charge is 0.387 e. The topological polar surface area (TPSA) is 88.9 Å². The highest BCUT2D eigenvalue weighted by molar-refractivity contribution is 8.13. The molecule has 0 aliphatic heterocycles. The predicted octanol–water partition coefficient (Wildman–Crippen LogP) is 7.37. The molecule has 1 aliphatic carbocycles. The molecule has 0 bridgehead atoms. The molecule has 1 saturated carbocycles. The summed E-state index contributed by atoms with van der Waals surface area (Å²) in [4.78, 5) is 15.7. The van der Waals surface area contributed by atoms with E-state index in [9.17, 15) is 18.0 Å². The molecule has 2 N–H and O–H groups in total. The fourth-order valence-electron chi connectivity index (χ4n) is 3.36. The second-order valence-corrected chi connectivity index (χ2v) is 9.85. The van der Waals surface area contributed by atoms with Gasteiger partial charge >= 0.3 is 11.9 Å². The van der Waals surface area contributed by atoms with E-state index in [-0.39, 0.29) is 28.3 Å². The molecule has 2 aromatic carbocycles. The normalized spacial score (nSPS) is 13.6. The minimum atomic E-state index is -3.04. The Morgan fingerprint density at radius 2 is 1.78 bits per heavy atom. The lowest BCUT2D eigenvalue weighted by Crippen LogP contribution is -2.14. The van der Waals surface area contributed by atoms with E-state index in [1.807, 2.05) is 0 Å². The first-order valence-corrected chi connectivity index (χ1v) is 12.6. The fraction of sp³-hybridized carbons (Fsp3) is 0.280. The molecule has 3 aromatic rings. The van der Waals surface area contributed by atoms with Gasteiger partial charge < -0.3 is 19.7 Å². The number of aromatic amines is 1. The Balaban J connectivity index is 0.00000380. The van der Waals surface area contributed by atoms with Crippen molar-refractivity contribution in [3.63, 3.8) is 0 Å². The maximum atomic E-state index is 14.1. The predicted molar refractivity (Wildman–Crippen MR) is 131 cm³/mol. The Bertz CT molecular complexity index is 1210. The van der Waals surface area contributed by atoms with Crippen molar-refractivity contribution in [1.29, 1.82) is 0 Å². The maximum Gasteiger partial charge on any atom is 0.387 e. The van der Waals surface area contributed by atoms with E-state index in [2.05, 4.69) is 9.72 Å². The number of ether oxygens (including phenoxy) is 3. The van der Waals surface area contributed by atoms with Gasteiger partial charge in [-0.05, 0) is 60.4 Å². The van der Waals surface area contributed by atoms with Crippen molar-refractivity contribution in [2.45, 2.75) is 36.9 Å². The molecule has 4 rings (SSSR count). The third kappa shape index (κ3) is 8.16. The van der Waals surface area contributed by atoms with Crippen molar-refractivity contribution in [1.82, 2.24) is 0 Å². The number of benzene rings is 2.